The Labute approximate surface area is 149 Å². The second kappa shape index (κ2) is 6.22. The fraction of sp³-hybridized carbons (Fsp3) is 0.429. The lowest BCUT2D eigenvalue weighted by Gasteiger charge is -2.36. The van der Waals surface area contributed by atoms with Crippen LogP contribution in [0, 0.1) is 13.8 Å². The minimum absolute atomic E-state index is 0.220. The summed E-state index contributed by atoms with van der Waals surface area (Å²) in [5, 5.41) is 10.6. The first kappa shape index (κ1) is 16.7. The minimum atomic E-state index is -0.546. The smallest absolute Gasteiger partial charge is 0.140 e. The molecule has 0 amide bonds. The Morgan fingerprint density at radius 2 is 1.36 bits per heavy atom. The van der Waals surface area contributed by atoms with Crippen LogP contribution in [0.1, 0.15) is 41.6 Å². The van der Waals surface area contributed by atoms with E-state index in [1.807, 2.05) is 31.2 Å². The number of fused-ring (bicyclic) bond motifs is 1. The Bertz CT molecular complexity index is 716. The summed E-state index contributed by atoms with van der Waals surface area (Å²) in [6.45, 7) is 6.96. The van der Waals surface area contributed by atoms with E-state index in [-0.39, 0.29) is 12.5 Å². The Balaban J connectivity index is 1.81. The highest BCUT2D eigenvalue weighted by Crippen LogP contribution is 2.51. The lowest BCUT2D eigenvalue weighted by Crippen LogP contribution is -2.52. The zero-order valence-corrected chi connectivity index (χ0v) is 15.0. The van der Waals surface area contributed by atoms with Crippen LogP contribution >= 0.6 is 0 Å². The molecule has 0 aromatic heterocycles. The Hall–Kier alpha value is -1.72. The monoisotopic (exact) mass is 339 g/mol. The lowest BCUT2D eigenvalue weighted by molar-refractivity contribution is -0.0659. The van der Waals surface area contributed by atoms with Gasteiger partial charge in [-0.15, -0.1) is 0 Å². The molecule has 0 radical (unpaired) electrons. The Morgan fingerprint density at radius 1 is 0.920 bits per heavy atom. The molecule has 2 aromatic rings. The average molecular weight is 339 g/mol. The summed E-state index contributed by atoms with van der Waals surface area (Å²) in [6.07, 6.45) is -0.985. The molecule has 4 nitrogen and oxygen atoms in total. The third-order valence-electron chi connectivity index (χ3n) is 5.69. The van der Waals surface area contributed by atoms with Crippen molar-refractivity contribution >= 4 is 0 Å². The van der Waals surface area contributed by atoms with Gasteiger partial charge < -0.3 is 14.6 Å². The van der Waals surface area contributed by atoms with Crippen LogP contribution in [0.3, 0.4) is 0 Å². The fourth-order valence-corrected chi connectivity index (χ4v) is 4.05. The molecule has 0 spiro atoms. The van der Waals surface area contributed by atoms with Gasteiger partial charge in [-0.1, -0.05) is 48.5 Å². The molecule has 0 saturated carbocycles. The predicted molar refractivity (Wildman–Crippen MR) is 96.0 cm³/mol. The molecule has 2 heterocycles. The first-order valence-corrected chi connectivity index (χ1v) is 8.85. The van der Waals surface area contributed by atoms with Crippen molar-refractivity contribution in [1.82, 2.24) is 4.90 Å². The molecular formula is C21H25NO3. The first-order valence-electron chi connectivity index (χ1n) is 8.85. The van der Waals surface area contributed by atoms with Crippen molar-refractivity contribution in [1.29, 1.82) is 0 Å². The van der Waals surface area contributed by atoms with E-state index in [0.717, 1.165) is 11.1 Å². The number of benzene rings is 2. The lowest BCUT2D eigenvalue weighted by atomic mass is 9.93. The number of aliphatic hydroxyl groups is 1. The van der Waals surface area contributed by atoms with Crippen LogP contribution in [0.15, 0.2) is 48.5 Å². The van der Waals surface area contributed by atoms with Crippen molar-refractivity contribution in [3.8, 4) is 0 Å². The Morgan fingerprint density at radius 3 is 1.76 bits per heavy atom. The summed E-state index contributed by atoms with van der Waals surface area (Å²) < 4.78 is 12.5. The molecule has 0 bridgehead atoms. The first-order chi connectivity index (χ1) is 12.0. The maximum Gasteiger partial charge on any atom is 0.140 e. The van der Waals surface area contributed by atoms with E-state index in [9.17, 15) is 5.11 Å². The topological polar surface area (TPSA) is 41.9 Å². The van der Waals surface area contributed by atoms with Gasteiger partial charge in [0, 0.05) is 0 Å². The molecule has 3 atom stereocenters. The van der Waals surface area contributed by atoms with Gasteiger partial charge in [-0.3, -0.25) is 0 Å². The SMILES string of the molecule is Cc1ccccc1C1OCC2(C(C)O)COC(c3ccccc3C)N12. The summed E-state index contributed by atoms with van der Waals surface area (Å²) in [6, 6.07) is 16.5. The third kappa shape index (κ3) is 2.52. The molecular weight excluding hydrogens is 314 g/mol. The van der Waals surface area contributed by atoms with Crippen LogP contribution in [0.2, 0.25) is 0 Å². The van der Waals surface area contributed by atoms with Crippen LogP contribution in [0.5, 0.6) is 0 Å². The van der Waals surface area contributed by atoms with Crippen molar-refractivity contribution < 1.29 is 14.6 Å². The highest BCUT2D eigenvalue weighted by atomic mass is 16.6. The van der Waals surface area contributed by atoms with E-state index in [1.165, 1.54) is 11.1 Å². The molecule has 2 fully saturated rings. The van der Waals surface area contributed by atoms with Gasteiger partial charge in [-0.05, 0) is 43.0 Å². The van der Waals surface area contributed by atoms with Crippen LogP contribution in [0.25, 0.3) is 0 Å². The van der Waals surface area contributed by atoms with E-state index >= 15 is 0 Å². The van der Waals surface area contributed by atoms with Crippen molar-refractivity contribution in [3.63, 3.8) is 0 Å². The van der Waals surface area contributed by atoms with E-state index in [1.54, 1.807) is 0 Å². The Kier molecular flexibility index (Phi) is 4.16. The second-order valence-corrected chi connectivity index (χ2v) is 7.23. The summed E-state index contributed by atoms with van der Waals surface area (Å²) in [7, 11) is 0. The molecule has 2 aliphatic heterocycles. The summed E-state index contributed by atoms with van der Waals surface area (Å²) in [4.78, 5) is 2.24. The maximum absolute atomic E-state index is 10.6. The normalized spacial score (nSPS) is 30.4. The van der Waals surface area contributed by atoms with Crippen LogP contribution in [-0.4, -0.2) is 34.9 Å². The average Bonchev–Trinajstić information content (AvgIpc) is 3.15. The van der Waals surface area contributed by atoms with Crippen molar-refractivity contribution in [2.24, 2.45) is 0 Å². The largest absolute Gasteiger partial charge is 0.391 e. The molecule has 0 aliphatic carbocycles. The highest BCUT2D eigenvalue weighted by Gasteiger charge is 2.59. The van der Waals surface area contributed by atoms with Gasteiger partial charge in [0.1, 0.15) is 12.5 Å². The number of hydrogen-bond donors (Lipinski definition) is 1. The zero-order valence-electron chi connectivity index (χ0n) is 15.0. The molecule has 2 aromatic carbocycles. The number of aryl methyl sites for hydroxylation is 2. The van der Waals surface area contributed by atoms with Gasteiger partial charge in [0.25, 0.3) is 0 Å². The van der Waals surface area contributed by atoms with Gasteiger partial charge in [-0.2, -0.15) is 0 Å². The molecule has 1 N–H and O–H groups in total. The van der Waals surface area contributed by atoms with Crippen LogP contribution in [0.4, 0.5) is 0 Å². The second-order valence-electron chi connectivity index (χ2n) is 7.23. The van der Waals surface area contributed by atoms with Crippen LogP contribution < -0.4 is 0 Å². The number of ether oxygens (including phenoxy) is 2. The van der Waals surface area contributed by atoms with Crippen LogP contribution in [-0.2, 0) is 9.47 Å². The number of hydrogen-bond acceptors (Lipinski definition) is 4. The molecule has 25 heavy (non-hydrogen) atoms. The van der Waals surface area contributed by atoms with E-state index in [4.69, 9.17) is 9.47 Å². The van der Waals surface area contributed by atoms with Crippen molar-refractivity contribution in [2.75, 3.05) is 13.2 Å². The van der Waals surface area contributed by atoms with Crippen molar-refractivity contribution in [3.05, 3.63) is 70.8 Å². The quantitative estimate of drug-likeness (QED) is 0.930. The third-order valence-corrected chi connectivity index (χ3v) is 5.69. The number of nitrogens with zero attached hydrogens (tertiary/aromatic N) is 1. The molecule has 3 unspecified atom stereocenters. The molecule has 4 heteroatoms. The zero-order chi connectivity index (χ0) is 17.6. The number of aliphatic hydroxyl groups excluding tert-OH is 1. The van der Waals surface area contributed by atoms with E-state index in [0.29, 0.717) is 13.2 Å². The molecule has 2 aliphatic rings. The summed E-state index contributed by atoms with van der Waals surface area (Å²) >= 11 is 0. The van der Waals surface area contributed by atoms with Gasteiger partial charge in [-0.25, -0.2) is 4.90 Å². The fourth-order valence-electron chi connectivity index (χ4n) is 4.05. The maximum atomic E-state index is 10.6. The summed E-state index contributed by atoms with van der Waals surface area (Å²) in [5.74, 6) is 0. The van der Waals surface area contributed by atoms with Crippen molar-refractivity contribution in [2.45, 2.75) is 44.9 Å². The van der Waals surface area contributed by atoms with E-state index in [2.05, 4.69) is 43.0 Å². The van der Waals surface area contributed by atoms with Gasteiger partial charge in [0.2, 0.25) is 0 Å². The van der Waals surface area contributed by atoms with Gasteiger partial charge in [0.05, 0.1) is 24.9 Å². The van der Waals surface area contributed by atoms with Gasteiger partial charge >= 0.3 is 0 Å². The van der Waals surface area contributed by atoms with Gasteiger partial charge in [0.15, 0.2) is 0 Å². The standard InChI is InChI=1S/C21H25NO3/c1-14-8-4-6-10-17(14)19-22-20(18-11-7-5-9-15(18)2)25-13-21(22,12-24-19)16(3)23/h4-11,16,19-20,23H,12-13H2,1-3H3. The molecule has 2 saturated heterocycles. The highest BCUT2D eigenvalue weighted by molar-refractivity contribution is 5.33. The number of rotatable bonds is 3. The minimum Gasteiger partial charge on any atom is -0.391 e. The molecule has 132 valence electrons. The molecule has 4 rings (SSSR count). The van der Waals surface area contributed by atoms with E-state index < -0.39 is 11.6 Å². The predicted octanol–water partition coefficient (Wildman–Crippen LogP) is 3.48. The summed E-state index contributed by atoms with van der Waals surface area (Å²) in [5.41, 5.74) is 4.12.